The number of thiophene rings is 1. The molecule has 27 heavy (non-hydrogen) atoms. The molecule has 2 amide bonds. The van der Waals surface area contributed by atoms with Gasteiger partial charge in [-0.3, -0.25) is 9.59 Å². The number of carbonyl (C=O) groups excluding carboxylic acids is 2. The predicted octanol–water partition coefficient (Wildman–Crippen LogP) is 2.39. The van der Waals surface area contributed by atoms with Crippen LogP contribution in [0.3, 0.4) is 0 Å². The zero-order valence-electron chi connectivity index (χ0n) is 14.8. The molecule has 1 saturated carbocycles. The second-order valence-electron chi connectivity index (χ2n) is 6.44. The molecular formula is C18H21N3O4S2. The van der Waals surface area contributed by atoms with E-state index in [9.17, 15) is 18.0 Å². The van der Waals surface area contributed by atoms with Gasteiger partial charge in [-0.2, -0.15) is 0 Å². The molecule has 1 aliphatic rings. The zero-order chi connectivity index (χ0) is 19.4. The van der Waals surface area contributed by atoms with Crippen molar-refractivity contribution in [2.45, 2.75) is 43.2 Å². The molecule has 1 unspecified atom stereocenters. The topological polar surface area (TPSA) is 104 Å². The van der Waals surface area contributed by atoms with Crippen molar-refractivity contribution >= 4 is 38.9 Å². The summed E-state index contributed by atoms with van der Waals surface area (Å²) in [7, 11) is -3.59. The van der Waals surface area contributed by atoms with Gasteiger partial charge < -0.3 is 10.6 Å². The lowest BCUT2D eigenvalue weighted by Crippen LogP contribution is -2.29. The summed E-state index contributed by atoms with van der Waals surface area (Å²) >= 11 is 1.46. The summed E-state index contributed by atoms with van der Waals surface area (Å²) in [6.45, 7) is 1.40. The average molecular weight is 408 g/mol. The van der Waals surface area contributed by atoms with Crippen molar-refractivity contribution in [2.75, 3.05) is 5.32 Å². The number of rotatable bonds is 8. The minimum atomic E-state index is -3.59. The Labute approximate surface area is 162 Å². The van der Waals surface area contributed by atoms with Gasteiger partial charge in [0, 0.05) is 23.5 Å². The maximum absolute atomic E-state index is 12.4. The molecule has 144 valence electrons. The fraction of sp³-hybridized carbons (Fsp3) is 0.333. The highest BCUT2D eigenvalue weighted by Crippen LogP contribution is 2.25. The third kappa shape index (κ3) is 5.62. The minimum absolute atomic E-state index is 0.0115. The number of sulfonamides is 1. The average Bonchev–Trinajstić information content (AvgIpc) is 3.22. The molecule has 2 aromatic rings. The van der Waals surface area contributed by atoms with Crippen molar-refractivity contribution in [3.8, 4) is 0 Å². The Hall–Kier alpha value is -2.23. The number of benzene rings is 1. The first-order valence-corrected chi connectivity index (χ1v) is 10.9. The Balaban J connectivity index is 1.68. The molecular weight excluding hydrogens is 386 g/mol. The number of nitrogens with one attached hydrogen (secondary N) is 3. The summed E-state index contributed by atoms with van der Waals surface area (Å²) in [5.74, 6) is -0.535. The lowest BCUT2D eigenvalue weighted by atomic mass is 10.1. The highest BCUT2D eigenvalue weighted by Gasteiger charge is 2.28. The Morgan fingerprint density at radius 1 is 1.22 bits per heavy atom. The standard InChI is InChI=1S/C18H21N3O4S2/c1-12(22)19-16(17-6-3-9-26-17)11-18(23)20-14-4-2-5-15(10-14)27(24,25)21-13-7-8-13/h2-6,9-10,13,16,21H,7-8,11H2,1H3,(H,19,22)(H,20,23). The van der Waals surface area contributed by atoms with Crippen molar-refractivity contribution in [1.82, 2.24) is 10.0 Å². The first-order chi connectivity index (χ1) is 12.8. The van der Waals surface area contributed by atoms with E-state index in [1.165, 1.54) is 30.4 Å². The second-order valence-corrected chi connectivity index (χ2v) is 9.14. The highest BCUT2D eigenvalue weighted by molar-refractivity contribution is 7.89. The molecule has 1 atom stereocenters. The Bertz CT molecular complexity index is 922. The minimum Gasteiger partial charge on any atom is -0.348 e. The van der Waals surface area contributed by atoms with Gasteiger partial charge in [0.1, 0.15) is 0 Å². The Morgan fingerprint density at radius 3 is 2.63 bits per heavy atom. The van der Waals surface area contributed by atoms with E-state index < -0.39 is 16.1 Å². The van der Waals surface area contributed by atoms with E-state index in [1.807, 2.05) is 17.5 Å². The van der Waals surface area contributed by atoms with Gasteiger partial charge in [-0.25, -0.2) is 13.1 Å². The van der Waals surface area contributed by atoms with Crippen LogP contribution in [-0.4, -0.2) is 26.3 Å². The molecule has 1 aliphatic carbocycles. The van der Waals surface area contributed by atoms with E-state index >= 15 is 0 Å². The Morgan fingerprint density at radius 2 is 2.00 bits per heavy atom. The second kappa shape index (κ2) is 8.20. The third-order valence-corrected chi connectivity index (χ3v) is 6.49. The smallest absolute Gasteiger partial charge is 0.240 e. The maximum Gasteiger partial charge on any atom is 0.240 e. The summed E-state index contributed by atoms with van der Waals surface area (Å²) in [5.41, 5.74) is 0.395. The quantitative estimate of drug-likeness (QED) is 0.625. The molecule has 3 N–H and O–H groups in total. The van der Waals surface area contributed by atoms with Crippen LogP contribution in [0.1, 0.15) is 37.1 Å². The normalized spacial score (nSPS) is 15.1. The van der Waals surface area contributed by atoms with E-state index in [0.29, 0.717) is 5.69 Å². The number of hydrogen-bond donors (Lipinski definition) is 3. The lowest BCUT2D eigenvalue weighted by molar-refractivity contribution is -0.120. The van der Waals surface area contributed by atoms with Gasteiger partial charge in [0.15, 0.2) is 0 Å². The molecule has 0 bridgehead atoms. The van der Waals surface area contributed by atoms with E-state index in [2.05, 4.69) is 15.4 Å². The van der Waals surface area contributed by atoms with Crippen molar-refractivity contribution in [2.24, 2.45) is 0 Å². The van der Waals surface area contributed by atoms with Gasteiger partial charge in [-0.1, -0.05) is 12.1 Å². The van der Waals surface area contributed by atoms with Crippen molar-refractivity contribution < 1.29 is 18.0 Å². The lowest BCUT2D eigenvalue weighted by Gasteiger charge is -2.16. The molecule has 9 heteroatoms. The van der Waals surface area contributed by atoms with Gasteiger partial charge in [0.25, 0.3) is 0 Å². The van der Waals surface area contributed by atoms with Crippen molar-refractivity contribution in [1.29, 1.82) is 0 Å². The molecule has 1 fully saturated rings. The Kier molecular flexibility index (Phi) is 5.93. The summed E-state index contributed by atoms with van der Waals surface area (Å²) in [4.78, 5) is 24.8. The summed E-state index contributed by atoms with van der Waals surface area (Å²) in [5, 5.41) is 7.36. The van der Waals surface area contributed by atoms with Crippen LogP contribution in [0, 0.1) is 0 Å². The van der Waals surface area contributed by atoms with E-state index in [0.717, 1.165) is 17.7 Å². The van der Waals surface area contributed by atoms with Crippen LogP contribution in [0.4, 0.5) is 5.69 Å². The van der Waals surface area contributed by atoms with Crippen LogP contribution >= 0.6 is 11.3 Å². The van der Waals surface area contributed by atoms with Gasteiger partial charge >= 0.3 is 0 Å². The summed E-state index contributed by atoms with van der Waals surface area (Å²) in [6.07, 6.45) is 1.75. The summed E-state index contributed by atoms with van der Waals surface area (Å²) < 4.78 is 27.2. The molecule has 1 heterocycles. The molecule has 0 saturated heterocycles. The first-order valence-electron chi connectivity index (χ1n) is 8.56. The molecule has 7 nitrogen and oxygen atoms in total. The van der Waals surface area contributed by atoms with E-state index in [4.69, 9.17) is 0 Å². The van der Waals surface area contributed by atoms with Crippen LogP contribution in [0.2, 0.25) is 0 Å². The van der Waals surface area contributed by atoms with Gasteiger partial charge in [0.2, 0.25) is 21.8 Å². The zero-order valence-corrected chi connectivity index (χ0v) is 16.4. The monoisotopic (exact) mass is 407 g/mol. The molecule has 1 aromatic carbocycles. The predicted molar refractivity (Wildman–Crippen MR) is 104 cm³/mol. The van der Waals surface area contributed by atoms with Crippen LogP contribution in [-0.2, 0) is 19.6 Å². The van der Waals surface area contributed by atoms with Crippen LogP contribution < -0.4 is 15.4 Å². The fourth-order valence-corrected chi connectivity index (χ4v) is 4.71. The van der Waals surface area contributed by atoms with Crippen molar-refractivity contribution in [3.05, 3.63) is 46.7 Å². The number of amides is 2. The molecule has 1 aromatic heterocycles. The largest absolute Gasteiger partial charge is 0.348 e. The van der Waals surface area contributed by atoms with Crippen molar-refractivity contribution in [3.63, 3.8) is 0 Å². The van der Waals surface area contributed by atoms with Crippen LogP contribution in [0.5, 0.6) is 0 Å². The number of hydrogen-bond acceptors (Lipinski definition) is 5. The van der Waals surface area contributed by atoms with E-state index in [-0.39, 0.29) is 29.2 Å². The fourth-order valence-electron chi connectivity index (χ4n) is 2.58. The highest BCUT2D eigenvalue weighted by atomic mass is 32.2. The van der Waals surface area contributed by atoms with Gasteiger partial charge in [-0.05, 0) is 42.5 Å². The number of anilines is 1. The van der Waals surface area contributed by atoms with Gasteiger partial charge in [0.05, 0.1) is 17.4 Å². The van der Waals surface area contributed by atoms with E-state index in [1.54, 1.807) is 12.1 Å². The molecule has 3 rings (SSSR count). The number of carbonyl (C=O) groups is 2. The van der Waals surface area contributed by atoms with Crippen LogP contribution in [0.25, 0.3) is 0 Å². The molecule has 0 aliphatic heterocycles. The maximum atomic E-state index is 12.4. The summed E-state index contributed by atoms with van der Waals surface area (Å²) in [6, 6.07) is 9.44. The SMILES string of the molecule is CC(=O)NC(CC(=O)Nc1cccc(S(=O)(=O)NC2CC2)c1)c1cccs1. The molecule has 0 radical (unpaired) electrons. The van der Waals surface area contributed by atoms with Crippen LogP contribution in [0.15, 0.2) is 46.7 Å². The van der Waals surface area contributed by atoms with Gasteiger partial charge in [-0.15, -0.1) is 11.3 Å². The third-order valence-electron chi connectivity index (χ3n) is 3.98. The molecule has 0 spiro atoms. The first kappa shape index (κ1) is 19.5.